The Morgan fingerprint density at radius 3 is 2.48 bits per heavy atom. The molecule has 1 aliphatic heterocycles. The maximum atomic E-state index is 4.80. The number of piperazine rings is 1. The van der Waals surface area contributed by atoms with Gasteiger partial charge in [-0.15, -0.1) is 0 Å². The van der Waals surface area contributed by atoms with Crippen molar-refractivity contribution in [3.63, 3.8) is 0 Å². The molecule has 146 valence electrons. The Balaban J connectivity index is 1.36. The maximum Gasteiger partial charge on any atom is 0.147 e. The minimum Gasteiger partial charge on any atom is -0.352 e. The second kappa shape index (κ2) is 7.08. The van der Waals surface area contributed by atoms with E-state index in [0.717, 1.165) is 65.8 Å². The van der Waals surface area contributed by atoms with E-state index < -0.39 is 0 Å². The monoisotopic (exact) mass is 387 g/mol. The molecular weight excluding hydrogens is 366 g/mol. The number of anilines is 2. The molecule has 1 saturated heterocycles. The van der Waals surface area contributed by atoms with Crippen LogP contribution in [0.4, 0.5) is 11.6 Å². The number of aryl methyl sites for hydroxylation is 2. The van der Waals surface area contributed by atoms with E-state index in [1.165, 1.54) is 0 Å². The summed E-state index contributed by atoms with van der Waals surface area (Å²) in [5, 5.41) is 5.26. The molecule has 4 aromatic heterocycles. The van der Waals surface area contributed by atoms with Crippen molar-refractivity contribution in [1.29, 1.82) is 0 Å². The summed E-state index contributed by atoms with van der Waals surface area (Å²) in [7, 11) is 1.90. The summed E-state index contributed by atoms with van der Waals surface area (Å²) in [5.41, 5.74) is 2.69. The smallest absolute Gasteiger partial charge is 0.147 e. The van der Waals surface area contributed by atoms with E-state index >= 15 is 0 Å². The van der Waals surface area contributed by atoms with Crippen molar-refractivity contribution in [3.8, 4) is 11.3 Å². The Labute approximate surface area is 168 Å². The molecule has 0 saturated carbocycles. The molecule has 0 atom stereocenters. The van der Waals surface area contributed by atoms with Gasteiger partial charge in [0.2, 0.25) is 0 Å². The van der Waals surface area contributed by atoms with Crippen LogP contribution in [0.5, 0.6) is 0 Å². The van der Waals surface area contributed by atoms with E-state index in [-0.39, 0.29) is 0 Å². The molecule has 5 heterocycles. The number of aromatic nitrogens is 7. The van der Waals surface area contributed by atoms with Crippen molar-refractivity contribution >= 4 is 22.5 Å². The lowest BCUT2D eigenvalue weighted by atomic mass is 10.2. The zero-order chi connectivity index (χ0) is 19.8. The molecule has 9 nitrogen and oxygen atoms in total. The molecule has 4 aromatic rings. The van der Waals surface area contributed by atoms with Gasteiger partial charge in [-0.1, -0.05) is 0 Å². The van der Waals surface area contributed by atoms with Gasteiger partial charge >= 0.3 is 0 Å². The Kier molecular flexibility index (Phi) is 4.27. The molecule has 0 bridgehead atoms. The predicted molar refractivity (Wildman–Crippen MR) is 111 cm³/mol. The highest BCUT2D eigenvalue weighted by Crippen LogP contribution is 2.25. The standard InChI is InChI=1S/C20H21N9/c1-14-24-18-11-21-4-3-16(18)20(25-14)29-7-5-28(6-8-29)19-12-22-10-17(26-19)15-9-23-27(2)13-15/h3-4,9-13H,5-8H2,1-2H3. The summed E-state index contributed by atoms with van der Waals surface area (Å²) in [6.45, 7) is 5.33. The number of hydrogen-bond acceptors (Lipinski definition) is 8. The van der Waals surface area contributed by atoms with Crippen molar-refractivity contribution in [2.75, 3.05) is 36.0 Å². The minimum absolute atomic E-state index is 0.762. The third-order valence-electron chi connectivity index (χ3n) is 5.12. The van der Waals surface area contributed by atoms with Crippen molar-refractivity contribution in [3.05, 3.63) is 49.1 Å². The van der Waals surface area contributed by atoms with E-state index in [9.17, 15) is 0 Å². The Bertz CT molecular complexity index is 1160. The fraction of sp³-hybridized carbons (Fsp3) is 0.300. The van der Waals surface area contributed by atoms with E-state index in [2.05, 4.69) is 29.9 Å². The van der Waals surface area contributed by atoms with Crippen molar-refractivity contribution in [1.82, 2.24) is 34.7 Å². The molecular formula is C20H21N9. The molecule has 0 radical (unpaired) electrons. The molecule has 0 unspecified atom stereocenters. The van der Waals surface area contributed by atoms with Gasteiger partial charge in [-0.05, 0) is 13.0 Å². The number of nitrogens with zero attached hydrogens (tertiary/aromatic N) is 9. The molecule has 0 spiro atoms. The second-order valence-electron chi connectivity index (χ2n) is 7.13. The number of rotatable bonds is 3. The average Bonchev–Trinajstić information content (AvgIpc) is 3.20. The van der Waals surface area contributed by atoms with Gasteiger partial charge in [-0.3, -0.25) is 14.6 Å². The van der Waals surface area contributed by atoms with Gasteiger partial charge in [0.25, 0.3) is 0 Å². The lowest BCUT2D eigenvalue weighted by Gasteiger charge is -2.36. The maximum absolute atomic E-state index is 4.80. The van der Waals surface area contributed by atoms with Gasteiger partial charge in [0.05, 0.1) is 36.0 Å². The van der Waals surface area contributed by atoms with Crippen molar-refractivity contribution < 1.29 is 0 Å². The molecule has 9 heteroatoms. The fourth-order valence-electron chi connectivity index (χ4n) is 3.67. The highest BCUT2D eigenvalue weighted by atomic mass is 15.3. The lowest BCUT2D eigenvalue weighted by molar-refractivity contribution is 0.641. The third kappa shape index (κ3) is 3.35. The summed E-state index contributed by atoms with van der Waals surface area (Å²) in [6.07, 6.45) is 10.9. The summed E-state index contributed by atoms with van der Waals surface area (Å²) in [6, 6.07) is 1.99. The van der Waals surface area contributed by atoms with Gasteiger partial charge in [-0.2, -0.15) is 5.10 Å². The van der Waals surface area contributed by atoms with E-state index in [4.69, 9.17) is 9.97 Å². The molecule has 1 fully saturated rings. The average molecular weight is 387 g/mol. The van der Waals surface area contributed by atoms with Crippen LogP contribution in [0.25, 0.3) is 22.2 Å². The van der Waals surface area contributed by atoms with E-state index in [1.54, 1.807) is 23.3 Å². The summed E-state index contributed by atoms with van der Waals surface area (Å²) >= 11 is 0. The SMILES string of the molecule is Cc1nc(N2CCN(c3cncc(-c4cnn(C)c4)n3)CC2)c2ccncc2n1. The zero-order valence-electron chi connectivity index (χ0n) is 16.4. The Morgan fingerprint density at radius 1 is 0.862 bits per heavy atom. The first-order valence-electron chi connectivity index (χ1n) is 9.57. The van der Waals surface area contributed by atoms with Gasteiger partial charge < -0.3 is 9.80 Å². The van der Waals surface area contributed by atoms with Crippen LogP contribution in [0, 0.1) is 6.92 Å². The fourth-order valence-corrected chi connectivity index (χ4v) is 3.67. The van der Waals surface area contributed by atoms with Crippen LogP contribution in [0.15, 0.2) is 43.2 Å². The Hall–Kier alpha value is -3.62. The van der Waals surface area contributed by atoms with Gasteiger partial charge in [0.15, 0.2) is 0 Å². The number of pyridine rings is 1. The molecule has 0 amide bonds. The number of fused-ring (bicyclic) bond motifs is 1. The van der Waals surface area contributed by atoms with E-state index in [1.807, 2.05) is 38.6 Å². The Morgan fingerprint density at radius 2 is 1.69 bits per heavy atom. The molecule has 0 aromatic carbocycles. The van der Waals surface area contributed by atoms with Crippen LogP contribution in [-0.2, 0) is 7.05 Å². The highest BCUT2D eigenvalue weighted by molar-refractivity contribution is 5.88. The van der Waals surface area contributed by atoms with E-state index in [0.29, 0.717) is 0 Å². The first kappa shape index (κ1) is 17.5. The normalized spacial score (nSPS) is 14.6. The molecule has 1 aliphatic rings. The summed E-state index contributed by atoms with van der Waals surface area (Å²) in [5.74, 6) is 2.63. The minimum atomic E-state index is 0.762. The van der Waals surface area contributed by atoms with Crippen molar-refractivity contribution in [2.45, 2.75) is 6.92 Å². The zero-order valence-corrected chi connectivity index (χ0v) is 16.4. The number of hydrogen-bond donors (Lipinski definition) is 0. The van der Waals surface area contributed by atoms with Crippen LogP contribution in [0.1, 0.15) is 5.82 Å². The van der Waals surface area contributed by atoms with Crippen LogP contribution >= 0.6 is 0 Å². The van der Waals surface area contributed by atoms with Crippen molar-refractivity contribution in [2.24, 2.45) is 7.05 Å². The quantitative estimate of drug-likeness (QED) is 0.526. The van der Waals surface area contributed by atoms with Crippen LogP contribution in [0.3, 0.4) is 0 Å². The first-order valence-corrected chi connectivity index (χ1v) is 9.57. The molecule has 29 heavy (non-hydrogen) atoms. The third-order valence-corrected chi connectivity index (χ3v) is 5.12. The van der Waals surface area contributed by atoms with Gasteiger partial charge in [-0.25, -0.2) is 15.0 Å². The van der Waals surface area contributed by atoms with Crippen LogP contribution < -0.4 is 9.80 Å². The summed E-state index contributed by atoms with van der Waals surface area (Å²) < 4.78 is 1.77. The molecule has 5 rings (SSSR count). The molecule has 0 N–H and O–H groups in total. The highest BCUT2D eigenvalue weighted by Gasteiger charge is 2.22. The first-order chi connectivity index (χ1) is 14.2. The lowest BCUT2D eigenvalue weighted by Crippen LogP contribution is -2.47. The predicted octanol–water partition coefficient (Wildman–Crippen LogP) is 1.85. The second-order valence-corrected chi connectivity index (χ2v) is 7.13. The van der Waals surface area contributed by atoms with Crippen LogP contribution in [0.2, 0.25) is 0 Å². The molecule has 0 aliphatic carbocycles. The van der Waals surface area contributed by atoms with Gasteiger partial charge in [0, 0.05) is 56.6 Å². The summed E-state index contributed by atoms with van der Waals surface area (Å²) in [4.78, 5) is 27.2. The largest absolute Gasteiger partial charge is 0.352 e. The topological polar surface area (TPSA) is 88.8 Å². The van der Waals surface area contributed by atoms with Crippen LogP contribution in [-0.4, -0.2) is 60.9 Å². The van der Waals surface area contributed by atoms with Gasteiger partial charge in [0.1, 0.15) is 17.5 Å².